The fourth-order valence-electron chi connectivity index (χ4n) is 2.80. The van der Waals surface area contributed by atoms with Gasteiger partial charge in [0.25, 0.3) is 0 Å². The summed E-state index contributed by atoms with van der Waals surface area (Å²) in [6, 6.07) is 12.1. The molecule has 122 valence electrons. The molecule has 0 unspecified atom stereocenters. The van der Waals surface area contributed by atoms with Crippen LogP contribution in [0.5, 0.6) is 5.75 Å². The predicted octanol–water partition coefficient (Wildman–Crippen LogP) is 2.45. The van der Waals surface area contributed by atoms with Crippen molar-refractivity contribution < 1.29 is 19.8 Å². The van der Waals surface area contributed by atoms with Crippen LogP contribution in [0.3, 0.4) is 0 Å². The average Bonchev–Trinajstić information content (AvgIpc) is 2.91. The van der Waals surface area contributed by atoms with E-state index in [-0.39, 0.29) is 23.6 Å². The van der Waals surface area contributed by atoms with E-state index in [0.29, 0.717) is 12.1 Å². The first kappa shape index (κ1) is 15.6. The second-order valence-corrected chi connectivity index (χ2v) is 5.49. The van der Waals surface area contributed by atoms with Gasteiger partial charge in [0.15, 0.2) is 5.75 Å². The van der Waals surface area contributed by atoms with E-state index in [2.05, 4.69) is 0 Å². The highest BCUT2D eigenvalue weighted by Crippen LogP contribution is 2.32. The number of fused-ring (bicyclic) bond motifs is 1. The Hall–Kier alpha value is -3.28. The summed E-state index contributed by atoms with van der Waals surface area (Å²) in [5.74, 6) is -1.88. The molecule has 1 heterocycles. The summed E-state index contributed by atoms with van der Waals surface area (Å²) < 4.78 is 1.73. The Morgan fingerprint density at radius 3 is 2.54 bits per heavy atom. The van der Waals surface area contributed by atoms with Crippen LogP contribution in [-0.4, -0.2) is 26.7 Å². The molecule has 0 bridgehead atoms. The number of phenols is 1. The number of hydrogen-bond donors (Lipinski definition) is 3. The molecule has 1 amide bonds. The SMILES string of the molecule is NC(=O)CCc1cn(-c2cccc(C(=O)O)c2O)c2ccccc12. The summed E-state index contributed by atoms with van der Waals surface area (Å²) in [7, 11) is 0. The lowest BCUT2D eigenvalue weighted by Crippen LogP contribution is -2.11. The van der Waals surface area contributed by atoms with Crippen LogP contribution in [-0.2, 0) is 11.2 Å². The highest BCUT2D eigenvalue weighted by molar-refractivity contribution is 5.93. The van der Waals surface area contributed by atoms with Crippen LogP contribution in [0, 0.1) is 0 Å². The van der Waals surface area contributed by atoms with Crippen molar-refractivity contribution >= 4 is 22.8 Å². The van der Waals surface area contributed by atoms with E-state index >= 15 is 0 Å². The summed E-state index contributed by atoms with van der Waals surface area (Å²) in [6.45, 7) is 0. The van der Waals surface area contributed by atoms with Crippen LogP contribution in [0.25, 0.3) is 16.6 Å². The zero-order chi connectivity index (χ0) is 17.3. The van der Waals surface area contributed by atoms with Crippen molar-refractivity contribution in [1.29, 1.82) is 0 Å². The first-order valence-electron chi connectivity index (χ1n) is 7.42. The quantitative estimate of drug-likeness (QED) is 0.670. The molecule has 0 saturated heterocycles. The molecule has 6 nitrogen and oxygen atoms in total. The van der Waals surface area contributed by atoms with Gasteiger partial charge in [-0.15, -0.1) is 0 Å². The number of aromatic carboxylic acids is 1. The number of aromatic nitrogens is 1. The number of rotatable bonds is 5. The fourth-order valence-corrected chi connectivity index (χ4v) is 2.80. The molecule has 0 aliphatic carbocycles. The normalized spacial score (nSPS) is 10.8. The van der Waals surface area contributed by atoms with Gasteiger partial charge in [-0.1, -0.05) is 24.3 Å². The van der Waals surface area contributed by atoms with Gasteiger partial charge >= 0.3 is 5.97 Å². The Balaban J connectivity index is 2.19. The monoisotopic (exact) mass is 324 g/mol. The number of hydrogen-bond acceptors (Lipinski definition) is 3. The number of para-hydroxylation sites is 2. The van der Waals surface area contributed by atoms with E-state index in [4.69, 9.17) is 5.73 Å². The standard InChI is InChI=1S/C18H16N2O4/c19-16(21)9-8-11-10-20(14-6-2-1-4-12(11)14)15-7-3-5-13(17(15)22)18(23)24/h1-7,10,22H,8-9H2,(H2,19,21)(H,23,24). The Bertz CT molecular complexity index is 943. The third kappa shape index (κ3) is 2.69. The number of aromatic hydroxyl groups is 1. The average molecular weight is 324 g/mol. The van der Waals surface area contributed by atoms with E-state index in [0.717, 1.165) is 16.5 Å². The molecule has 3 aromatic rings. The van der Waals surface area contributed by atoms with Gasteiger partial charge in [0.2, 0.25) is 5.91 Å². The number of carboxylic acid groups (broad SMARTS) is 1. The van der Waals surface area contributed by atoms with Crippen LogP contribution in [0.1, 0.15) is 22.3 Å². The highest BCUT2D eigenvalue weighted by Gasteiger charge is 2.17. The molecule has 0 radical (unpaired) electrons. The third-order valence-electron chi connectivity index (χ3n) is 3.94. The van der Waals surface area contributed by atoms with E-state index in [1.165, 1.54) is 6.07 Å². The molecule has 0 aliphatic rings. The van der Waals surface area contributed by atoms with Crippen molar-refractivity contribution in [3.63, 3.8) is 0 Å². The molecule has 3 rings (SSSR count). The Labute approximate surface area is 137 Å². The summed E-state index contributed by atoms with van der Waals surface area (Å²) in [6.07, 6.45) is 2.49. The van der Waals surface area contributed by atoms with Crippen LogP contribution in [0.15, 0.2) is 48.7 Å². The van der Waals surface area contributed by atoms with Crippen LogP contribution in [0.2, 0.25) is 0 Å². The molecule has 0 fully saturated rings. The van der Waals surface area contributed by atoms with E-state index in [1.807, 2.05) is 24.3 Å². The molecule has 24 heavy (non-hydrogen) atoms. The lowest BCUT2D eigenvalue weighted by molar-refractivity contribution is -0.117. The molecular formula is C18H16N2O4. The van der Waals surface area contributed by atoms with Crippen LogP contribution < -0.4 is 5.73 Å². The number of carbonyl (C=O) groups excluding carboxylic acids is 1. The zero-order valence-corrected chi connectivity index (χ0v) is 12.8. The van der Waals surface area contributed by atoms with Crippen LogP contribution >= 0.6 is 0 Å². The summed E-state index contributed by atoms with van der Waals surface area (Å²) in [5.41, 5.74) is 7.16. The molecule has 2 aromatic carbocycles. The largest absolute Gasteiger partial charge is 0.505 e. The Morgan fingerprint density at radius 1 is 1.08 bits per heavy atom. The van der Waals surface area contributed by atoms with Crippen molar-refractivity contribution in [1.82, 2.24) is 4.57 Å². The molecule has 4 N–H and O–H groups in total. The number of carboxylic acids is 1. The first-order chi connectivity index (χ1) is 11.5. The van der Waals surface area contributed by atoms with Crippen molar-refractivity contribution in [2.75, 3.05) is 0 Å². The van der Waals surface area contributed by atoms with Gasteiger partial charge in [-0.05, 0) is 30.2 Å². The summed E-state index contributed by atoms with van der Waals surface area (Å²) in [4.78, 5) is 22.3. The number of carbonyl (C=O) groups is 2. The van der Waals surface area contributed by atoms with E-state index < -0.39 is 5.97 Å². The lowest BCUT2D eigenvalue weighted by atomic mass is 10.1. The van der Waals surface area contributed by atoms with E-state index in [1.54, 1.807) is 22.9 Å². The maximum absolute atomic E-state index is 11.2. The number of nitrogens with two attached hydrogens (primary N) is 1. The molecule has 0 spiro atoms. The van der Waals surface area contributed by atoms with Crippen LogP contribution in [0.4, 0.5) is 0 Å². The Morgan fingerprint density at radius 2 is 1.83 bits per heavy atom. The molecule has 1 aromatic heterocycles. The van der Waals surface area contributed by atoms with Gasteiger partial charge in [-0.3, -0.25) is 4.79 Å². The predicted molar refractivity (Wildman–Crippen MR) is 89.4 cm³/mol. The third-order valence-corrected chi connectivity index (χ3v) is 3.94. The smallest absolute Gasteiger partial charge is 0.339 e. The number of amides is 1. The molecular weight excluding hydrogens is 308 g/mol. The minimum atomic E-state index is -1.19. The second-order valence-electron chi connectivity index (χ2n) is 5.49. The Kier molecular flexibility index (Phi) is 3.95. The van der Waals surface area contributed by atoms with Gasteiger partial charge < -0.3 is 20.5 Å². The fraction of sp³-hybridized carbons (Fsp3) is 0.111. The minimum absolute atomic E-state index is 0.163. The zero-order valence-electron chi connectivity index (χ0n) is 12.8. The summed E-state index contributed by atoms with van der Waals surface area (Å²) >= 11 is 0. The van der Waals surface area contributed by atoms with Gasteiger partial charge in [0.05, 0.1) is 11.2 Å². The van der Waals surface area contributed by atoms with Crippen molar-refractivity contribution in [2.45, 2.75) is 12.8 Å². The first-order valence-corrected chi connectivity index (χ1v) is 7.42. The summed E-state index contributed by atoms with van der Waals surface area (Å²) in [5, 5.41) is 20.4. The number of primary amides is 1. The van der Waals surface area contributed by atoms with Gasteiger partial charge in [-0.2, -0.15) is 0 Å². The van der Waals surface area contributed by atoms with E-state index in [9.17, 15) is 19.8 Å². The molecule has 0 aliphatic heterocycles. The number of nitrogens with zero attached hydrogens (tertiary/aromatic N) is 1. The van der Waals surface area contributed by atoms with Gasteiger partial charge in [-0.25, -0.2) is 4.79 Å². The maximum Gasteiger partial charge on any atom is 0.339 e. The lowest BCUT2D eigenvalue weighted by Gasteiger charge is -2.09. The molecule has 0 atom stereocenters. The van der Waals surface area contributed by atoms with Gasteiger partial charge in [0.1, 0.15) is 5.56 Å². The van der Waals surface area contributed by atoms with Crippen molar-refractivity contribution in [3.8, 4) is 11.4 Å². The highest BCUT2D eigenvalue weighted by atomic mass is 16.4. The molecule has 0 saturated carbocycles. The topological polar surface area (TPSA) is 106 Å². The number of benzene rings is 2. The van der Waals surface area contributed by atoms with Crippen molar-refractivity contribution in [2.24, 2.45) is 5.73 Å². The number of aryl methyl sites for hydroxylation is 1. The minimum Gasteiger partial charge on any atom is -0.505 e. The second kappa shape index (κ2) is 6.08. The van der Waals surface area contributed by atoms with Gasteiger partial charge in [0, 0.05) is 18.0 Å². The van der Waals surface area contributed by atoms with Crippen molar-refractivity contribution in [3.05, 3.63) is 59.8 Å². The maximum atomic E-state index is 11.2. The molecule has 6 heteroatoms.